The Morgan fingerprint density at radius 1 is 0.931 bits per heavy atom. The number of aryl methyl sites for hydroxylation is 1. The predicted octanol–water partition coefficient (Wildman–Crippen LogP) is 4.32. The third-order valence-electron chi connectivity index (χ3n) is 4.47. The fourth-order valence-electron chi connectivity index (χ4n) is 3.11. The molecule has 0 heterocycles. The molecule has 0 fully saturated rings. The number of carbonyl (C=O) groups is 1. The van der Waals surface area contributed by atoms with Crippen LogP contribution in [0.4, 0.5) is 0 Å². The summed E-state index contributed by atoms with van der Waals surface area (Å²) in [4.78, 5) is 10.8. The van der Waals surface area contributed by atoms with Gasteiger partial charge in [0, 0.05) is 10.8 Å². The lowest BCUT2D eigenvalue weighted by Gasteiger charge is -2.11. The van der Waals surface area contributed by atoms with Gasteiger partial charge in [0.1, 0.15) is 5.75 Å². The molecule has 0 spiro atoms. The predicted molar refractivity (Wildman–Crippen MR) is 115 cm³/mol. The summed E-state index contributed by atoms with van der Waals surface area (Å²) in [5, 5.41) is 11.8. The van der Waals surface area contributed by atoms with Crippen LogP contribution in [0.15, 0.2) is 72.1 Å². The third-order valence-corrected chi connectivity index (χ3v) is 5.87. The van der Waals surface area contributed by atoms with Crippen LogP contribution >= 0.6 is 0 Å². The number of carboxylic acid groups (broad SMARTS) is 1. The van der Waals surface area contributed by atoms with Crippen LogP contribution in [-0.2, 0) is 21.1 Å². The largest absolute Gasteiger partial charge is 0.481 e. The van der Waals surface area contributed by atoms with Gasteiger partial charge in [0.25, 0.3) is 0 Å². The van der Waals surface area contributed by atoms with Gasteiger partial charge in [0.15, 0.2) is 16.4 Å². The highest BCUT2D eigenvalue weighted by Gasteiger charge is 2.10. The molecule has 0 aliphatic carbocycles. The van der Waals surface area contributed by atoms with E-state index >= 15 is 0 Å². The molecule has 0 saturated carbocycles. The van der Waals surface area contributed by atoms with Crippen LogP contribution in [0.25, 0.3) is 16.8 Å². The Morgan fingerprint density at radius 3 is 2.41 bits per heavy atom. The van der Waals surface area contributed by atoms with Gasteiger partial charge in [-0.15, -0.1) is 0 Å². The van der Waals surface area contributed by atoms with Gasteiger partial charge < -0.3 is 9.84 Å². The Hall–Kier alpha value is -3.12. The van der Waals surface area contributed by atoms with Crippen molar-refractivity contribution >= 4 is 32.7 Å². The summed E-state index contributed by atoms with van der Waals surface area (Å²) < 4.78 is 30.0. The van der Waals surface area contributed by atoms with Crippen molar-refractivity contribution in [2.45, 2.75) is 12.8 Å². The van der Waals surface area contributed by atoms with Gasteiger partial charge in [0.2, 0.25) is 0 Å². The van der Waals surface area contributed by atoms with Gasteiger partial charge >= 0.3 is 5.97 Å². The molecule has 5 nitrogen and oxygen atoms in total. The number of sulfone groups is 1. The van der Waals surface area contributed by atoms with Crippen molar-refractivity contribution in [1.82, 2.24) is 0 Å². The summed E-state index contributed by atoms with van der Waals surface area (Å²) >= 11 is 0. The molecular weight excluding hydrogens is 388 g/mol. The monoisotopic (exact) mass is 410 g/mol. The number of fused-ring (bicyclic) bond motifs is 1. The summed E-state index contributed by atoms with van der Waals surface area (Å²) in [7, 11) is -3.30. The average molecular weight is 410 g/mol. The number of rotatable bonds is 9. The molecule has 3 aromatic carbocycles. The molecule has 29 heavy (non-hydrogen) atoms. The molecule has 150 valence electrons. The number of ether oxygens (including phenoxy) is 1. The maximum atomic E-state index is 12.3. The van der Waals surface area contributed by atoms with E-state index in [0.717, 1.165) is 21.9 Å². The van der Waals surface area contributed by atoms with Crippen LogP contribution in [-0.4, -0.2) is 31.9 Å². The lowest BCUT2D eigenvalue weighted by Crippen LogP contribution is -2.09. The molecule has 0 amide bonds. The molecule has 3 aromatic rings. The maximum absolute atomic E-state index is 12.3. The van der Waals surface area contributed by atoms with Crippen molar-refractivity contribution < 1.29 is 23.1 Å². The first-order valence-electron chi connectivity index (χ1n) is 9.26. The van der Waals surface area contributed by atoms with E-state index in [0.29, 0.717) is 18.6 Å². The van der Waals surface area contributed by atoms with Crippen LogP contribution in [0.2, 0.25) is 0 Å². The summed E-state index contributed by atoms with van der Waals surface area (Å²) in [6, 6.07) is 20.5. The van der Waals surface area contributed by atoms with Crippen molar-refractivity contribution in [3.05, 3.63) is 83.3 Å². The number of benzene rings is 3. The fourth-order valence-corrected chi connectivity index (χ4v) is 4.16. The second kappa shape index (κ2) is 9.39. The lowest BCUT2D eigenvalue weighted by molar-refractivity contribution is -0.139. The van der Waals surface area contributed by atoms with Gasteiger partial charge in [-0.05, 0) is 41.5 Å². The SMILES string of the molecule is O=C(O)COc1cccc2c(CCCS(=O)(=O)C=Cc3ccccc3)cccc12. The number of carboxylic acids is 1. The molecule has 0 aromatic heterocycles. The van der Waals surface area contributed by atoms with E-state index in [2.05, 4.69) is 0 Å². The fraction of sp³-hybridized carbons (Fsp3) is 0.174. The van der Waals surface area contributed by atoms with Gasteiger partial charge in [-0.25, -0.2) is 13.2 Å². The first-order valence-corrected chi connectivity index (χ1v) is 11.0. The van der Waals surface area contributed by atoms with Crippen LogP contribution in [0, 0.1) is 0 Å². The molecule has 0 aliphatic heterocycles. The summed E-state index contributed by atoms with van der Waals surface area (Å²) in [6.07, 6.45) is 2.69. The van der Waals surface area contributed by atoms with E-state index in [1.54, 1.807) is 12.1 Å². The molecule has 0 bridgehead atoms. The Labute approximate surface area is 170 Å². The quantitative estimate of drug-likeness (QED) is 0.568. The summed E-state index contributed by atoms with van der Waals surface area (Å²) in [5.74, 6) is -0.473. The van der Waals surface area contributed by atoms with E-state index in [1.807, 2.05) is 60.7 Å². The third kappa shape index (κ3) is 5.93. The minimum Gasteiger partial charge on any atom is -0.481 e. The minimum absolute atomic E-state index is 0.0575. The van der Waals surface area contributed by atoms with Crippen molar-refractivity contribution in [1.29, 1.82) is 0 Å². The topological polar surface area (TPSA) is 80.7 Å². The van der Waals surface area contributed by atoms with E-state index in [4.69, 9.17) is 9.84 Å². The van der Waals surface area contributed by atoms with E-state index in [-0.39, 0.29) is 5.75 Å². The van der Waals surface area contributed by atoms with E-state index in [1.165, 1.54) is 5.41 Å². The Kier molecular flexibility index (Phi) is 6.67. The second-order valence-corrected chi connectivity index (χ2v) is 8.64. The maximum Gasteiger partial charge on any atom is 0.341 e. The highest BCUT2D eigenvalue weighted by Crippen LogP contribution is 2.28. The van der Waals surface area contributed by atoms with Gasteiger partial charge in [-0.2, -0.15) is 0 Å². The molecular formula is C23H22O5S. The molecule has 0 unspecified atom stereocenters. The first kappa shape index (κ1) is 20.6. The lowest BCUT2D eigenvalue weighted by atomic mass is 10.0. The second-order valence-electron chi connectivity index (χ2n) is 6.63. The van der Waals surface area contributed by atoms with Crippen LogP contribution in [0.1, 0.15) is 17.5 Å². The zero-order valence-electron chi connectivity index (χ0n) is 15.8. The molecule has 1 N–H and O–H groups in total. The van der Waals surface area contributed by atoms with Gasteiger partial charge in [-0.3, -0.25) is 0 Å². The van der Waals surface area contributed by atoms with Gasteiger partial charge in [0.05, 0.1) is 5.75 Å². The Morgan fingerprint density at radius 2 is 1.66 bits per heavy atom. The molecule has 3 rings (SSSR count). The highest BCUT2D eigenvalue weighted by molar-refractivity contribution is 7.94. The molecule has 0 radical (unpaired) electrons. The summed E-state index contributed by atoms with van der Waals surface area (Å²) in [6.45, 7) is -0.407. The first-order chi connectivity index (χ1) is 13.9. The van der Waals surface area contributed by atoms with E-state index in [9.17, 15) is 13.2 Å². The standard InChI is InChI=1S/C23H22O5S/c24-23(25)17-28-22-13-5-11-20-19(9-4-12-21(20)22)10-6-15-29(26,27)16-14-18-7-2-1-3-8-18/h1-5,7-9,11-14,16H,6,10,15,17H2,(H,24,25). The van der Waals surface area contributed by atoms with Crippen LogP contribution < -0.4 is 4.74 Å². The molecule has 0 atom stereocenters. The molecule has 0 saturated heterocycles. The van der Waals surface area contributed by atoms with Gasteiger partial charge in [-0.1, -0.05) is 60.7 Å². The normalized spacial score (nSPS) is 11.7. The summed E-state index contributed by atoms with van der Waals surface area (Å²) in [5.41, 5.74) is 1.85. The van der Waals surface area contributed by atoms with E-state index < -0.39 is 22.4 Å². The van der Waals surface area contributed by atoms with Crippen molar-refractivity contribution in [3.63, 3.8) is 0 Å². The van der Waals surface area contributed by atoms with Crippen molar-refractivity contribution in [2.75, 3.05) is 12.4 Å². The van der Waals surface area contributed by atoms with Crippen molar-refractivity contribution in [2.24, 2.45) is 0 Å². The average Bonchev–Trinajstić information content (AvgIpc) is 2.71. The van der Waals surface area contributed by atoms with Crippen molar-refractivity contribution in [3.8, 4) is 5.75 Å². The number of hydrogen-bond acceptors (Lipinski definition) is 4. The zero-order valence-corrected chi connectivity index (χ0v) is 16.6. The molecule has 0 aliphatic rings. The minimum atomic E-state index is -3.30. The number of hydrogen-bond donors (Lipinski definition) is 1. The Balaban J connectivity index is 1.68. The van der Waals surface area contributed by atoms with Crippen LogP contribution in [0.3, 0.4) is 0 Å². The Bertz CT molecular complexity index is 1120. The molecule has 6 heteroatoms. The zero-order chi connectivity index (χ0) is 20.7. The number of aliphatic carboxylic acids is 1. The van der Waals surface area contributed by atoms with Crippen LogP contribution in [0.5, 0.6) is 5.75 Å². The highest BCUT2D eigenvalue weighted by atomic mass is 32.2. The smallest absolute Gasteiger partial charge is 0.341 e.